The molecule has 1 aliphatic carbocycles. The second kappa shape index (κ2) is 3.21. The van der Waals surface area contributed by atoms with Gasteiger partial charge in [-0.05, 0) is 25.0 Å². The Balaban J connectivity index is 2.13. The second-order valence-corrected chi connectivity index (χ2v) is 3.63. The first-order valence-corrected chi connectivity index (χ1v) is 4.80. The van der Waals surface area contributed by atoms with Crippen LogP contribution >= 0.6 is 0 Å². The zero-order valence-corrected chi connectivity index (χ0v) is 7.37. The molecule has 0 unspecified atom stereocenters. The molecule has 1 saturated carbocycles. The van der Waals surface area contributed by atoms with E-state index < -0.39 is 0 Å². The molecule has 1 aromatic rings. The molecule has 0 atom stereocenters. The number of nitrogens with zero attached hydrogens (tertiary/aromatic N) is 1. The Labute approximate surface area is 73.4 Å². The Morgan fingerprint density at radius 3 is 2.58 bits per heavy atom. The van der Waals surface area contributed by atoms with Gasteiger partial charge in [0.25, 0.3) is 0 Å². The van der Waals surface area contributed by atoms with Crippen LogP contribution in [0.5, 0.6) is 0 Å². The summed E-state index contributed by atoms with van der Waals surface area (Å²) in [6.07, 6.45) is 8.84. The Morgan fingerprint density at radius 1 is 1.25 bits per heavy atom. The van der Waals surface area contributed by atoms with Crippen molar-refractivity contribution in [2.45, 2.75) is 38.1 Å². The highest BCUT2D eigenvalue weighted by atomic mass is 15.1. The van der Waals surface area contributed by atoms with Crippen LogP contribution in [0.25, 0.3) is 0 Å². The predicted octanol–water partition coefficient (Wildman–Crippen LogP) is 2.58. The van der Waals surface area contributed by atoms with Crippen LogP contribution < -0.4 is 5.73 Å². The maximum atomic E-state index is 5.83. The van der Waals surface area contributed by atoms with Gasteiger partial charge < -0.3 is 10.3 Å². The molecule has 0 saturated heterocycles. The van der Waals surface area contributed by atoms with Crippen LogP contribution in [-0.2, 0) is 0 Å². The average Bonchev–Trinajstić information content (AvgIpc) is 2.53. The summed E-state index contributed by atoms with van der Waals surface area (Å²) in [5.74, 6) is 0.918. The van der Waals surface area contributed by atoms with E-state index in [9.17, 15) is 0 Å². The summed E-state index contributed by atoms with van der Waals surface area (Å²) in [4.78, 5) is 0. The normalized spacial score (nSPS) is 19.7. The molecule has 0 bridgehead atoms. The molecule has 2 rings (SSSR count). The third kappa shape index (κ3) is 1.33. The largest absolute Gasteiger partial charge is 0.385 e. The van der Waals surface area contributed by atoms with Crippen LogP contribution in [-0.4, -0.2) is 4.57 Å². The minimum atomic E-state index is 0.675. The van der Waals surface area contributed by atoms with E-state index in [1.807, 2.05) is 12.1 Å². The number of aromatic nitrogens is 1. The van der Waals surface area contributed by atoms with Gasteiger partial charge in [-0.25, -0.2) is 0 Å². The number of nitrogen functional groups attached to an aromatic ring is 1. The molecule has 2 nitrogen and oxygen atoms in total. The first-order chi connectivity index (χ1) is 5.88. The molecule has 66 valence electrons. The van der Waals surface area contributed by atoms with Crippen molar-refractivity contribution in [3.63, 3.8) is 0 Å². The van der Waals surface area contributed by atoms with Crippen molar-refractivity contribution in [3.8, 4) is 0 Å². The van der Waals surface area contributed by atoms with Crippen LogP contribution in [0, 0.1) is 0 Å². The standard InChI is InChI=1S/C10H16N2/c11-10-7-4-8-12(10)9-5-2-1-3-6-9/h4,7-9H,1-3,5-6,11H2. The topological polar surface area (TPSA) is 30.9 Å². The van der Waals surface area contributed by atoms with Gasteiger partial charge in [0, 0.05) is 12.2 Å². The van der Waals surface area contributed by atoms with Crippen LogP contribution in [0.2, 0.25) is 0 Å². The second-order valence-electron chi connectivity index (χ2n) is 3.63. The van der Waals surface area contributed by atoms with Crippen molar-refractivity contribution < 1.29 is 0 Å². The molecule has 0 aromatic carbocycles. The van der Waals surface area contributed by atoms with Gasteiger partial charge in [0.1, 0.15) is 5.82 Å². The number of rotatable bonds is 1. The van der Waals surface area contributed by atoms with Crippen LogP contribution in [0.4, 0.5) is 5.82 Å². The van der Waals surface area contributed by atoms with Crippen molar-refractivity contribution in [3.05, 3.63) is 18.3 Å². The molecule has 0 aliphatic heterocycles. The van der Waals surface area contributed by atoms with Crippen molar-refractivity contribution >= 4 is 5.82 Å². The fourth-order valence-corrected chi connectivity index (χ4v) is 2.10. The van der Waals surface area contributed by atoms with Gasteiger partial charge in [0.15, 0.2) is 0 Å². The Kier molecular flexibility index (Phi) is 2.07. The monoisotopic (exact) mass is 164 g/mol. The summed E-state index contributed by atoms with van der Waals surface area (Å²) in [6, 6.07) is 4.69. The summed E-state index contributed by atoms with van der Waals surface area (Å²) in [5, 5.41) is 0. The van der Waals surface area contributed by atoms with E-state index in [2.05, 4.69) is 10.8 Å². The fraction of sp³-hybridized carbons (Fsp3) is 0.600. The van der Waals surface area contributed by atoms with Gasteiger partial charge in [-0.1, -0.05) is 19.3 Å². The molecule has 1 aromatic heterocycles. The molecule has 1 aliphatic rings. The molecule has 0 radical (unpaired) electrons. The van der Waals surface area contributed by atoms with Crippen molar-refractivity contribution in [1.82, 2.24) is 4.57 Å². The maximum Gasteiger partial charge on any atom is 0.103 e. The van der Waals surface area contributed by atoms with E-state index in [0.29, 0.717) is 6.04 Å². The smallest absolute Gasteiger partial charge is 0.103 e. The zero-order chi connectivity index (χ0) is 8.39. The number of hydrogen-bond donors (Lipinski definition) is 1. The van der Waals surface area contributed by atoms with Gasteiger partial charge in [-0.3, -0.25) is 0 Å². The van der Waals surface area contributed by atoms with Gasteiger partial charge in [-0.2, -0.15) is 0 Å². The molecule has 1 fully saturated rings. The summed E-state index contributed by atoms with van der Waals surface area (Å²) in [6.45, 7) is 0. The van der Waals surface area contributed by atoms with Gasteiger partial charge >= 0.3 is 0 Å². The minimum Gasteiger partial charge on any atom is -0.385 e. The van der Waals surface area contributed by atoms with Crippen molar-refractivity contribution in [1.29, 1.82) is 0 Å². The number of anilines is 1. The lowest BCUT2D eigenvalue weighted by atomic mass is 9.95. The maximum absolute atomic E-state index is 5.83. The summed E-state index contributed by atoms with van der Waals surface area (Å²) in [5.41, 5.74) is 5.83. The van der Waals surface area contributed by atoms with E-state index in [-0.39, 0.29) is 0 Å². The average molecular weight is 164 g/mol. The lowest BCUT2D eigenvalue weighted by molar-refractivity contribution is 0.357. The summed E-state index contributed by atoms with van der Waals surface area (Å²) < 4.78 is 2.22. The van der Waals surface area contributed by atoms with Crippen LogP contribution in [0.15, 0.2) is 18.3 Å². The van der Waals surface area contributed by atoms with Gasteiger partial charge in [-0.15, -0.1) is 0 Å². The Bertz CT molecular complexity index is 246. The fourth-order valence-electron chi connectivity index (χ4n) is 2.10. The Hall–Kier alpha value is -0.920. The van der Waals surface area contributed by atoms with E-state index in [1.165, 1.54) is 32.1 Å². The first kappa shape index (κ1) is 7.71. The minimum absolute atomic E-state index is 0.675. The SMILES string of the molecule is Nc1cccn1C1CCCCC1. The van der Waals surface area contributed by atoms with Gasteiger partial charge in [0.05, 0.1) is 0 Å². The van der Waals surface area contributed by atoms with Crippen LogP contribution in [0.3, 0.4) is 0 Å². The number of hydrogen-bond acceptors (Lipinski definition) is 1. The molecule has 0 amide bonds. The summed E-state index contributed by atoms with van der Waals surface area (Å²) >= 11 is 0. The molecule has 12 heavy (non-hydrogen) atoms. The quantitative estimate of drug-likeness (QED) is 0.679. The molecule has 0 spiro atoms. The Morgan fingerprint density at radius 2 is 2.00 bits per heavy atom. The molecular formula is C10H16N2. The van der Waals surface area contributed by atoms with Crippen LogP contribution in [0.1, 0.15) is 38.1 Å². The van der Waals surface area contributed by atoms with Gasteiger partial charge in [0.2, 0.25) is 0 Å². The van der Waals surface area contributed by atoms with Crippen molar-refractivity contribution in [2.75, 3.05) is 5.73 Å². The third-order valence-electron chi connectivity index (χ3n) is 2.78. The zero-order valence-electron chi connectivity index (χ0n) is 7.37. The number of nitrogens with two attached hydrogens (primary N) is 1. The summed E-state index contributed by atoms with van der Waals surface area (Å²) in [7, 11) is 0. The molecule has 1 heterocycles. The lowest BCUT2D eigenvalue weighted by Gasteiger charge is -2.24. The first-order valence-electron chi connectivity index (χ1n) is 4.80. The predicted molar refractivity (Wildman–Crippen MR) is 51.0 cm³/mol. The molecular weight excluding hydrogens is 148 g/mol. The van der Waals surface area contributed by atoms with E-state index >= 15 is 0 Å². The van der Waals surface area contributed by atoms with E-state index in [1.54, 1.807) is 0 Å². The lowest BCUT2D eigenvalue weighted by Crippen LogP contribution is -2.13. The van der Waals surface area contributed by atoms with E-state index in [0.717, 1.165) is 5.82 Å². The highest BCUT2D eigenvalue weighted by Crippen LogP contribution is 2.29. The third-order valence-corrected chi connectivity index (χ3v) is 2.78. The highest BCUT2D eigenvalue weighted by Gasteiger charge is 2.15. The van der Waals surface area contributed by atoms with E-state index in [4.69, 9.17) is 5.73 Å². The van der Waals surface area contributed by atoms with Crippen molar-refractivity contribution in [2.24, 2.45) is 0 Å². The molecule has 2 N–H and O–H groups in total. The highest BCUT2D eigenvalue weighted by molar-refractivity contribution is 5.30. The molecule has 2 heteroatoms.